The quantitative estimate of drug-likeness (QED) is 0.470. The lowest BCUT2D eigenvalue weighted by Gasteiger charge is -2.20. The second kappa shape index (κ2) is 8.17. The molecule has 156 valence electrons. The molecule has 0 fully saturated rings. The van der Waals surface area contributed by atoms with E-state index in [1.165, 1.54) is 0 Å². The first-order valence-electron chi connectivity index (χ1n) is 9.23. The summed E-state index contributed by atoms with van der Waals surface area (Å²) in [4.78, 5) is 25.3. The Morgan fingerprint density at radius 3 is 1.87 bits per heavy atom. The number of rotatable bonds is 4. The van der Waals surface area contributed by atoms with Crippen LogP contribution in [0.3, 0.4) is 0 Å². The van der Waals surface area contributed by atoms with E-state index in [1.807, 2.05) is 0 Å². The van der Waals surface area contributed by atoms with Crippen LogP contribution in [0.25, 0.3) is 16.9 Å². The monoisotopic (exact) mass is 445 g/mol. The molecule has 0 amide bonds. The van der Waals surface area contributed by atoms with Crippen LogP contribution in [0.15, 0.2) is 48.5 Å². The van der Waals surface area contributed by atoms with Crippen molar-refractivity contribution >= 4 is 35.1 Å². The van der Waals surface area contributed by atoms with Crippen LogP contribution in [0.2, 0.25) is 10.0 Å². The van der Waals surface area contributed by atoms with Gasteiger partial charge in [-0.05, 0) is 69.7 Å². The van der Waals surface area contributed by atoms with Gasteiger partial charge >= 0.3 is 11.9 Å². The number of carboxylic acids is 1. The van der Waals surface area contributed by atoms with E-state index < -0.39 is 17.5 Å². The predicted octanol–water partition coefficient (Wildman–Crippen LogP) is 6.41. The van der Waals surface area contributed by atoms with Crippen molar-refractivity contribution in [2.24, 2.45) is 0 Å². The summed E-state index contributed by atoms with van der Waals surface area (Å²) in [6.07, 6.45) is 0. The SMILES string of the molecule is Cc1c(C(=O)O)c(C(=O)OC(C)(C)C)c(-c2ccc(Cl)cc2)n1-c1ccc(Cl)cc1. The van der Waals surface area contributed by atoms with Gasteiger partial charge in [-0.2, -0.15) is 0 Å². The highest BCUT2D eigenvalue weighted by Gasteiger charge is 2.33. The van der Waals surface area contributed by atoms with Gasteiger partial charge in [0.15, 0.2) is 0 Å². The van der Waals surface area contributed by atoms with Crippen LogP contribution in [0, 0.1) is 6.92 Å². The van der Waals surface area contributed by atoms with Crippen molar-refractivity contribution < 1.29 is 19.4 Å². The van der Waals surface area contributed by atoms with Gasteiger partial charge < -0.3 is 14.4 Å². The number of nitrogens with zero attached hydrogens (tertiary/aromatic N) is 1. The van der Waals surface area contributed by atoms with Crippen LogP contribution < -0.4 is 0 Å². The maximum Gasteiger partial charge on any atom is 0.341 e. The van der Waals surface area contributed by atoms with Gasteiger partial charge in [-0.3, -0.25) is 0 Å². The molecule has 1 N–H and O–H groups in total. The zero-order chi connectivity index (χ0) is 22.2. The van der Waals surface area contributed by atoms with Crippen LogP contribution in [-0.2, 0) is 4.74 Å². The van der Waals surface area contributed by atoms with E-state index in [4.69, 9.17) is 27.9 Å². The van der Waals surface area contributed by atoms with Gasteiger partial charge in [-0.15, -0.1) is 0 Å². The molecule has 0 spiro atoms. The summed E-state index contributed by atoms with van der Waals surface area (Å²) in [5.74, 6) is -1.92. The number of hydrogen-bond donors (Lipinski definition) is 1. The first kappa shape index (κ1) is 21.9. The molecule has 0 aliphatic carbocycles. The highest BCUT2D eigenvalue weighted by Crippen LogP contribution is 2.36. The van der Waals surface area contributed by atoms with E-state index in [-0.39, 0.29) is 11.1 Å². The Morgan fingerprint density at radius 2 is 1.40 bits per heavy atom. The summed E-state index contributed by atoms with van der Waals surface area (Å²) in [7, 11) is 0. The summed E-state index contributed by atoms with van der Waals surface area (Å²) < 4.78 is 7.29. The van der Waals surface area contributed by atoms with Crippen molar-refractivity contribution in [3.05, 3.63) is 75.4 Å². The second-order valence-electron chi connectivity index (χ2n) is 7.81. The molecule has 0 unspecified atom stereocenters. The Bertz CT molecular complexity index is 1110. The normalized spacial score (nSPS) is 11.4. The fourth-order valence-corrected chi connectivity index (χ4v) is 3.53. The van der Waals surface area contributed by atoms with Crippen LogP contribution in [0.4, 0.5) is 0 Å². The highest BCUT2D eigenvalue weighted by atomic mass is 35.5. The number of aromatic carboxylic acids is 1. The summed E-state index contributed by atoms with van der Waals surface area (Å²) in [5, 5.41) is 11.0. The van der Waals surface area contributed by atoms with Crippen molar-refractivity contribution in [3.63, 3.8) is 0 Å². The van der Waals surface area contributed by atoms with Crippen LogP contribution in [-0.4, -0.2) is 27.2 Å². The molecular weight excluding hydrogens is 425 g/mol. The number of esters is 1. The molecule has 30 heavy (non-hydrogen) atoms. The van der Waals surface area contributed by atoms with Gasteiger partial charge in [0.1, 0.15) is 11.2 Å². The van der Waals surface area contributed by atoms with Crippen molar-refractivity contribution in [2.45, 2.75) is 33.3 Å². The Morgan fingerprint density at radius 1 is 0.900 bits per heavy atom. The summed E-state index contributed by atoms with van der Waals surface area (Å²) in [5.41, 5.74) is 1.20. The van der Waals surface area contributed by atoms with E-state index in [1.54, 1.807) is 80.8 Å². The van der Waals surface area contributed by atoms with Crippen molar-refractivity contribution in [1.82, 2.24) is 4.57 Å². The molecule has 0 saturated carbocycles. The van der Waals surface area contributed by atoms with Crippen molar-refractivity contribution in [1.29, 1.82) is 0 Å². The number of hydrogen-bond acceptors (Lipinski definition) is 3. The topological polar surface area (TPSA) is 68.5 Å². The minimum Gasteiger partial charge on any atom is -0.478 e. The summed E-state index contributed by atoms with van der Waals surface area (Å²) >= 11 is 12.1. The summed E-state index contributed by atoms with van der Waals surface area (Å²) in [6.45, 7) is 6.86. The van der Waals surface area contributed by atoms with E-state index in [0.29, 0.717) is 32.7 Å². The van der Waals surface area contributed by atoms with Gasteiger partial charge in [0, 0.05) is 21.4 Å². The molecule has 0 atom stereocenters. The van der Waals surface area contributed by atoms with Crippen LogP contribution in [0.1, 0.15) is 47.2 Å². The molecule has 1 heterocycles. The standard InChI is InChI=1S/C23H21Cl2NO4/c1-13-18(21(27)28)19(22(29)30-23(2,3)4)20(14-5-7-15(24)8-6-14)26(13)17-11-9-16(25)10-12-17/h5-12H,1-4H3,(H,27,28). The Kier molecular flexibility index (Phi) is 5.97. The van der Waals surface area contributed by atoms with Gasteiger partial charge in [0.25, 0.3) is 0 Å². The largest absolute Gasteiger partial charge is 0.478 e. The number of halogens is 2. The molecule has 7 heteroatoms. The minimum atomic E-state index is -1.21. The third kappa shape index (κ3) is 4.37. The van der Waals surface area contributed by atoms with Gasteiger partial charge in [-0.25, -0.2) is 9.59 Å². The Hall–Kier alpha value is -2.76. The average molecular weight is 446 g/mol. The molecule has 0 aliphatic rings. The van der Waals surface area contributed by atoms with E-state index in [9.17, 15) is 14.7 Å². The van der Waals surface area contributed by atoms with Crippen molar-refractivity contribution in [3.8, 4) is 16.9 Å². The Balaban J connectivity index is 2.40. The first-order valence-corrected chi connectivity index (χ1v) is 9.99. The molecule has 1 aromatic heterocycles. The molecule has 3 aromatic rings. The summed E-state index contributed by atoms with van der Waals surface area (Å²) in [6, 6.07) is 13.8. The highest BCUT2D eigenvalue weighted by molar-refractivity contribution is 6.31. The van der Waals surface area contributed by atoms with E-state index in [2.05, 4.69) is 0 Å². The second-order valence-corrected chi connectivity index (χ2v) is 8.68. The lowest BCUT2D eigenvalue weighted by Crippen LogP contribution is -2.25. The number of carbonyl (C=O) groups excluding carboxylic acids is 1. The molecule has 0 radical (unpaired) electrons. The molecule has 3 rings (SSSR count). The van der Waals surface area contributed by atoms with E-state index in [0.717, 1.165) is 0 Å². The zero-order valence-electron chi connectivity index (χ0n) is 17.0. The first-order chi connectivity index (χ1) is 14.0. The maximum absolute atomic E-state index is 13.2. The fraction of sp³-hybridized carbons (Fsp3) is 0.217. The third-order valence-corrected chi connectivity index (χ3v) is 4.93. The molecule has 2 aromatic carbocycles. The molecule has 0 aliphatic heterocycles. The van der Waals surface area contributed by atoms with Gasteiger partial charge in [0.05, 0.1) is 11.3 Å². The van der Waals surface area contributed by atoms with Crippen LogP contribution in [0.5, 0.6) is 0 Å². The molecular formula is C23H21Cl2NO4. The zero-order valence-corrected chi connectivity index (χ0v) is 18.5. The minimum absolute atomic E-state index is 0.00722. The smallest absolute Gasteiger partial charge is 0.341 e. The molecule has 0 saturated heterocycles. The number of ether oxygens (including phenoxy) is 1. The Labute approximate surface area is 184 Å². The maximum atomic E-state index is 13.2. The average Bonchev–Trinajstić information content (AvgIpc) is 2.95. The van der Waals surface area contributed by atoms with E-state index >= 15 is 0 Å². The third-order valence-electron chi connectivity index (χ3n) is 4.43. The predicted molar refractivity (Wildman–Crippen MR) is 118 cm³/mol. The van der Waals surface area contributed by atoms with Gasteiger partial charge in [0.2, 0.25) is 0 Å². The van der Waals surface area contributed by atoms with Crippen molar-refractivity contribution in [2.75, 3.05) is 0 Å². The number of aromatic nitrogens is 1. The molecule has 0 bridgehead atoms. The van der Waals surface area contributed by atoms with Gasteiger partial charge in [-0.1, -0.05) is 35.3 Å². The lowest BCUT2D eigenvalue weighted by atomic mass is 10.0. The van der Waals surface area contributed by atoms with Crippen LogP contribution >= 0.6 is 23.2 Å². The fourth-order valence-electron chi connectivity index (χ4n) is 3.27. The number of carboxylic acid groups (broad SMARTS) is 1. The molecule has 5 nitrogen and oxygen atoms in total. The number of carbonyl (C=O) groups is 2. The lowest BCUT2D eigenvalue weighted by molar-refractivity contribution is 0.00670. The number of benzene rings is 2.